The normalized spacial score (nSPS) is 17.9. The van der Waals surface area contributed by atoms with E-state index in [9.17, 15) is 9.90 Å². The highest BCUT2D eigenvalue weighted by atomic mass is 32.1. The summed E-state index contributed by atoms with van der Waals surface area (Å²) in [5, 5.41) is 11.0. The van der Waals surface area contributed by atoms with Gasteiger partial charge in [0.15, 0.2) is 0 Å². The molecule has 4 heterocycles. The van der Waals surface area contributed by atoms with Crippen LogP contribution in [0.4, 0.5) is 11.8 Å². The van der Waals surface area contributed by atoms with E-state index in [2.05, 4.69) is 34.9 Å². The maximum atomic E-state index is 13.3. The van der Waals surface area contributed by atoms with Gasteiger partial charge in [0.1, 0.15) is 10.6 Å². The minimum Gasteiger partial charge on any atom is -0.394 e. The summed E-state index contributed by atoms with van der Waals surface area (Å²) < 4.78 is 0. The summed E-state index contributed by atoms with van der Waals surface area (Å²) in [6.45, 7) is 5.89. The number of aliphatic hydroxyl groups is 1. The molecule has 196 valence electrons. The quantitative estimate of drug-likeness (QED) is 0.387. The van der Waals surface area contributed by atoms with Gasteiger partial charge in [0.2, 0.25) is 5.95 Å². The topological polar surface area (TPSA) is 72.8 Å². The Kier molecular flexibility index (Phi) is 7.00. The van der Waals surface area contributed by atoms with Crippen LogP contribution in [0.25, 0.3) is 21.3 Å². The molecule has 2 aromatic heterocycles. The van der Waals surface area contributed by atoms with Crippen LogP contribution in [0.3, 0.4) is 0 Å². The van der Waals surface area contributed by atoms with Gasteiger partial charge in [0, 0.05) is 43.2 Å². The first-order valence-electron chi connectivity index (χ1n) is 13.5. The molecule has 1 N–H and O–H groups in total. The number of aliphatic hydroxyl groups excluding tert-OH is 1. The van der Waals surface area contributed by atoms with Crippen LogP contribution in [-0.2, 0) is 6.42 Å². The van der Waals surface area contributed by atoms with E-state index in [1.807, 2.05) is 47.4 Å². The van der Waals surface area contributed by atoms with Crippen LogP contribution in [0.15, 0.2) is 60.7 Å². The van der Waals surface area contributed by atoms with E-state index in [0.29, 0.717) is 19.0 Å². The standard InChI is InChI=1S/C30H33N5O2S/c1-2-25-19-26-27(31-30(32-28(26)38-25)35-14-6-9-24(35)20-36)33-15-17-34(18-16-33)29(37)23-12-10-22(11-13-23)21-7-4-3-5-8-21/h3-5,7-8,10-13,19,24,36H,2,6,9,14-18,20H2,1H3/t24-/m1/s1. The van der Waals surface area contributed by atoms with Crippen molar-refractivity contribution in [3.05, 3.63) is 71.1 Å². The maximum Gasteiger partial charge on any atom is 0.253 e. The van der Waals surface area contributed by atoms with Gasteiger partial charge in [0.25, 0.3) is 5.91 Å². The number of piperazine rings is 1. The third-order valence-corrected chi connectivity index (χ3v) is 8.88. The fourth-order valence-corrected chi connectivity index (χ4v) is 6.47. The number of thiophene rings is 1. The number of anilines is 2. The molecule has 0 radical (unpaired) electrons. The number of nitrogens with zero attached hydrogens (tertiary/aromatic N) is 5. The van der Waals surface area contributed by atoms with Crippen LogP contribution in [0.1, 0.15) is 35.0 Å². The van der Waals surface area contributed by atoms with Crippen LogP contribution in [-0.4, -0.2) is 71.3 Å². The minimum absolute atomic E-state index is 0.0736. The highest BCUT2D eigenvalue weighted by Crippen LogP contribution is 2.35. The summed E-state index contributed by atoms with van der Waals surface area (Å²) in [7, 11) is 0. The first kappa shape index (κ1) is 24.8. The van der Waals surface area contributed by atoms with Crippen molar-refractivity contribution in [1.82, 2.24) is 14.9 Å². The van der Waals surface area contributed by atoms with Gasteiger partial charge in [-0.2, -0.15) is 4.98 Å². The first-order valence-corrected chi connectivity index (χ1v) is 14.3. The number of carbonyl (C=O) groups is 1. The van der Waals surface area contributed by atoms with Crippen molar-refractivity contribution < 1.29 is 9.90 Å². The number of rotatable bonds is 6. The van der Waals surface area contributed by atoms with E-state index in [1.54, 1.807) is 11.3 Å². The van der Waals surface area contributed by atoms with E-state index < -0.39 is 0 Å². The number of hydrogen-bond acceptors (Lipinski definition) is 7. The van der Waals surface area contributed by atoms with Crippen LogP contribution < -0.4 is 9.80 Å². The van der Waals surface area contributed by atoms with Gasteiger partial charge in [-0.3, -0.25) is 4.79 Å². The molecule has 2 aromatic carbocycles. The number of hydrogen-bond donors (Lipinski definition) is 1. The average Bonchev–Trinajstić information content (AvgIpc) is 3.64. The molecule has 4 aromatic rings. The summed E-state index contributed by atoms with van der Waals surface area (Å²) in [5.41, 5.74) is 2.98. The molecule has 0 saturated carbocycles. The van der Waals surface area contributed by atoms with Crippen molar-refractivity contribution >= 4 is 39.2 Å². The molecule has 7 nitrogen and oxygen atoms in total. The van der Waals surface area contributed by atoms with Crippen molar-refractivity contribution in [2.75, 3.05) is 49.1 Å². The Labute approximate surface area is 227 Å². The van der Waals surface area contributed by atoms with Gasteiger partial charge in [-0.25, -0.2) is 4.98 Å². The molecule has 0 aliphatic carbocycles. The summed E-state index contributed by atoms with van der Waals surface area (Å²) in [4.78, 5) is 32.0. The zero-order valence-electron chi connectivity index (χ0n) is 21.7. The van der Waals surface area contributed by atoms with Crippen molar-refractivity contribution in [3.63, 3.8) is 0 Å². The number of fused-ring (bicyclic) bond motifs is 1. The molecule has 6 rings (SSSR count). The smallest absolute Gasteiger partial charge is 0.253 e. The van der Waals surface area contributed by atoms with Gasteiger partial charge >= 0.3 is 0 Å². The Morgan fingerprint density at radius 2 is 1.71 bits per heavy atom. The Hall–Kier alpha value is -3.49. The summed E-state index contributed by atoms with van der Waals surface area (Å²) in [5.74, 6) is 1.74. The Morgan fingerprint density at radius 1 is 0.974 bits per heavy atom. The molecule has 0 bridgehead atoms. The van der Waals surface area contributed by atoms with Gasteiger partial charge in [-0.05, 0) is 48.6 Å². The third-order valence-electron chi connectivity index (χ3n) is 7.71. The molecular weight excluding hydrogens is 494 g/mol. The Balaban J connectivity index is 1.20. The molecule has 2 aliphatic heterocycles. The van der Waals surface area contributed by atoms with Crippen LogP contribution in [0.5, 0.6) is 0 Å². The second-order valence-electron chi connectivity index (χ2n) is 10.0. The van der Waals surface area contributed by atoms with Crippen molar-refractivity contribution in [1.29, 1.82) is 0 Å². The monoisotopic (exact) mass is 527 g/mol. The zero-order valence-corrected chi connectivity index (χ0v) is 22.5. The van der Waals surface area contributed by atoms with Crippen molar-refractivity contribution in [2.45, 2.75) is 32.2 Å². The lowest BCUT2D eigenvalue weighted by Crippen LogP contribution is -2.49. The Bertz CT molecular complexity index is 1410. The minimum atomic E-state index is 0.0736. The molecule has 0 unspecified atom stereocenters. The lowest BCUT2D eigenvalue weighted by atomic mass is 10.0. The number of amides is 1. The molecule has 1 amide bonds. The lowest BCUT2D eigenvalue weighted by molar-refractivity contribution is 0.0746. The highest BCUT2D eigenvalue weighted by molar-refractivity contribution is 7.18. The molecule has 38 heavy (non-hydrogen) atoms. The number of aryl methyl sites for hydroxylation is 1. The highest BCUT2D eigenvalue weighted by Gasteiger charge is 2.29. The molecule has 2 aliphatic rings. The SMILES string of the molecule is CCc1cc2c(N3CCN(C(=O)c4ccc(-c5ccccc5)cc4)CC3)nc(N3CCC[C@@H]3CO)nc2s1. The van der Waals surface area contributed by atoms with Crippen molar-refractivity contribution in [2.24, 2.45) is 0 Å². The summed E-state index contributed by atoms with van der Waals surface area (Å²) >= 11 is 1.73. The first-order chi connectivity index (χ1) is 18.6. The molecule has 2 fully saturated rings. The van der Waals surface area contributed by atoms with E-state index in [4.69, 9.17) is 9.97 Å². The molecule has 2 saturated heterocycles. The number of aromatic nitrogens is 2. The van der Waals surface area contributed by atoms with Crippen LogP contribution in [0.2, 0.25) is 0 Å². The van der Waals surface area contributed by atoms with Crippen LogP contribution >= 0.6 is 11.3 Å². The van der Waals surface area contributed by atoms with Crippen LogP contribution in [0, 0.1) is 0 Å². The lowest BCUT2D eigenvalue weighted by Gasteiger charge is -2.36. The summed E-state index contributed by atoms with van der Waals surface area (Å²) in [6.07, 6.45) is 2.97. The van der Waals surface area contributed by atoms with Gasteiger partial charge in [-0.1, -0.05) is 49.4 Å². The van der Waals surface area contributed by atoms with E-state index >= 15 is 0 Å². The molecule has 0 spiro atoms. The predicted molar refractivity (Wildman–Crippen MR) is 154 cm³/mol. The zero-order chi connectivity index (χ0) is 26.1. The number of benzene rings is 2. The molecular formula is C30H33N5O2S. The second kappa shape index (κ2) is 10.7. The van der Waals surface area contributed by atoms with Gasteiger partial charge in [-0.15, -0.1) is 11.3 Å². The fraction of sp³-hybridized carbons (Fsp3) is 0.367. The van der Waals surface area contributed by atoms with E-state index in [0.717, 1.165) is 71.6 Å². The average molecular weight is 528 g/mol. The molecule has 1 atom stereocenters. The van der Waals surface area contributed by atoms with Gasteiger partial charge < -0.3 is 19.8 Å². The van der Waals surface area contributed by atoms with E-state index in [1.165, 1.54) is 4.88 Å². The van der Waals surface area contributed by atoms with Gasteiger partial charge in [0.05, 0.1) is 18.0 Å². The predicted octanol–water partition coefficient (Wildman–Crippen LogP) is 4.84. The largest absolute Gasteiger partial charge is 0.394 e. The third kappa shape index (κ3) is 4.74. The van der Waals surface area contributed by atoms with E-state index in [-0.39, 0.29) is 18.6 Å². The second-order valence-corrected chi connectivity index (χ2v) is 11.1. The number of carbonyl (C=O) groups excluding carboxylic acids is 1. The summed E-state index contributed by atoms with van der Waals surface area (Å²) in [6, 6.07) is 20.4. The Morgan fingerprint density at radius 3 is 2.42 bits per heavy atom. The fourth-order valence-electron chi connectivity index (χ4n) is 5.52. The molecule has 8 heteroatoms. The maximum absolute atomic E-state index is 13.3. The van der Waals surface area contributed by atoms with Crippen molar-refractivity contribution in [3.8, 4) is 11.1 Å².